The molecule has 1 aliphatic heterocycles. The molecule has 3 heteroatoms. The normalized spacial score (nSPS) is 23.0. The molecule has 1 fully saturated rings. The van der Waals surface area contributed by atoms with Crippen LogP contribution in [0.1, 0.15) is 38.3 Å². The van der Waals surface area contributed by atoms with Crippen LogP contribution in [0.5, 0.6) is 0 Å². The van der Waals surface area contributed by atoms with E-state index < -0.39 is 0 Å². The fourth-order valence-electron chi connectivity index (χ4n) is 3.51. The van der Waals surface area contributed by atoms with Crippen LogP contribution in [0.25, 0.3) is 0 Å². The Kier molecular flexibility index (Phi) is 5.40. The summed E-state index contributed by atoms with van der Waals surface area (Å²) in [6.45, 7) is 11.3. The lowest BCUT2D eigenvalue weighted by Crippen LogP contribution is -2.42. The van der Waals surface area contributed by atoms with Gasteiger partial charge >= 0.3 is 0 Å². The molecule has 2 unspecified atom stereocenters. The van der Waals surface area contributed by atoms with E-state index in [1.165, 1.54) is 12.0 Å². The van der Waals surface area contributed by atoms with Crippen molar-refractivity contribution < 1.29 is 4.79 Å². The van der Waals surface area contributed by atoms with Crippen molar-refractivity contribution in [3.05, 3.63) is 29.3 Å². The first kappa shape index (κ1) is 16.0. The van der Waals surface area contributed by atoms with Gasteiger partial charge in [0.2, 0.25) is 5.91 Å². The summed E-state index contributed by atoms with van der Waals surface area (Å²) in [6, 6.07) is 6.20. The second kappa shape index (κ2) is 7.08. The number of rotatable bonds is 4. The maximum Gasteiger partial charge on any atom is 0.238 e. The topological polar surface area (TPSA) is 32.3 Å². The summed E-state index contributed by atoms with van der Waals surface area (Å²) in [5.41, 5.74) is 3.36. The number of amides is 1. The lowest BCUT2D eigenvalue weighted by molar-refractivity contribution is -0.117. The number of anilines is 1. The lowest BCUT2D eigenvalue weighted by Gasteiger charge is -2.34. The number of nitrogens with zero attached hydrogens (tertiary/aromatic N) is 1. The van der Waals surface area contributed by atoms with Crippen LogP contribution in [-0.4, -0.2) is 30.4 Å². The SMILES string of the molecule is CCc1cccc(C)c1NC(=O)CN1CC(C)CC(C)C1. The van der Waals surface area contributed by atoms with E-state index in [1.807, 2.05) is 0 Å². The van der Waals surface area contributed by atoms with Crippen molar-refractivity contribution in [1.29, 1.82) is 0 Å². The molecule has 1 aromatic rings. The maximum absolute atomic E-state index is 12.4. The molecule has 21 heavy (non-hydrogen) atoms. The molecule has 2 atom stereocenters. The highest BCUT2D eigenvalue weighted by Crippen LogP contribution is 2.23. The third kappa shape index (κ3) is 4.31. The summed E-state index contributed by atoms with van der Waals surface area (Å²) >= 11 is 0. The molecule has 3 nitrogen and oxygen atoms in total. The molecule has 1 aromatic carbocycles. The predicted octanol–water partition coefficient (Wildman–Crippen LogP) is 3.47. The Bertz CT molecular complexity index is 488. The van der Waals surface area contributed by atoms with E-state index in [9.17, 15) is 4.79 Å². The average Bonchev–Trinajstić information content (AvgIpc) is 2.39. The first-order chi connectivity index (χ1) is 9.99. The molecule has 1 N–H and O–H groups in total. The molecular formula is C18H28N2O. The number of hydrogen-bond donors (Lipinski definition) is 1. The minimum absolute atomic E-state index is 0.111. The highest BCUT2D eigenvalue weighted by Gasteiger charge is 2.23. The minimum Gasteiger partial charge on any atom is -0.324 e. The van der Waals surface area contributed by atoms with Gasteiger partial charge in [0.15, 0.2) is 0 Å². The number of carbonyl (C=O) groups excluding carboxylic acids is 1. The number of carbonyl (C=O) groups is 1. The van der Waals surface area contributed by atoms with E-state index in [2.05, 4.69) is 56.1 Å². The Labute approximate surface area is 128 Å². The van der Waals surface area contributed by atoms with Gasteiger partial charge < -0.3 is 5.32 Å². The molecule has 0 aliphatic carbocycles. The van der Waals surface area contributed by atoms with Crippen molar-refractivity contribution in [3.63, 3.8) is 0 Å². The lowest BCUT2D eigenvalue weighted by atomic mass is 9.92. The third-order valence-electron chi connectivity index (χ3n) is 4.32. The van der Waals surface area contributed by atoms with Gasteiger partial charge in [-0.05, 0) is 42.7 Å². The first-order valence-corrected chi connectivity index (χ1v) is 8.10. The minimum atomic E-state index is 0.111. The summed E-state index contributed by atoms with van der Waals surface area (Å²) in [6.07, 6.45) is 2.21. The van der Waals surface area contributed by atoms with E-state index >= 15 is 0 Å². The van der Waals surface area contributed by atoms with Crippen molar-refractivity contribution in [2.24, 2.45) is 11.8 Å². The average molecular weight is 288 g/mol. The van der Waals surface area contributed by atoms with Gasteiger partial charge in [-0.1, -0.05) is 39.0 Å². The van der Waals surface area contributed by atoms with E-state index in [0.29, 0.717) is 18.4 Å². The van der Waals surface area contributed by atoms with Gasteiger partial charge in [-0.25, -0.2) is 0 Å². The van der Waals surface area contributed by atoms with Gasteiger partial charge in [-0.2, -0.15) is 0 Å². The Morgan fingerprint density at radius 1 is 1.29 bits per heavy atom. The van der Waals surface area contributed by atoms with Gasteiger partial charge in [-0.15, -0.1) is 0 Å². The van der Waals surface area contributed by atoms with Gasteiger partial charge in [0.25, 0.3) is 0 Å². The van der Waals surface area contributed by atoms with Crippen molar-refractivity contribution in [1.82, 2.24) is 4.90 Å². The summed E-state index contributed by atoms with van der Waals surface area (Å²) in [5.74, 6) is 1.48. The van der Waals surface area contributed by atoms with Crippen LogP contribution in [0.15, 0.2) is 18.2 Å². The van der Waals surface area contributed by atoms with Crippen molar-refractivity contribution in [2.75, 3.05) is 25.0 Å². The smallest absolute Gasteiger partial charge is 0.238 e. The summed E-state index contributed by atoms with van der Waals surface area (Å²) < 4.78 is 0. The van der Waals surface area contributed by atoms with E-state index in [-0.39, 0.29) is 5.91 Å². The van der Waals surface area contributed by atoms with Crippen molar-refractivity contribution in [2.45, 2.75) is 40.5 Å². The second-order valence-corrected chi connectivity index (χ2v) is 6.65. The number of aryl methyl sites for hydroxylation is 2. The molecule has 0 bridgehead atoms. The van der Waals surface area contributed by atoms with Crippen LogP contribution >= 0.6 is 0 Å². The van der Waals surface area contributed by atoms with Gasteiger partial charge in [0.05, 0.1) is 6.54 Å². The van der Waals surface area contributed by atoms with Crippen LogP contribution in [0.2, 0.25) is 0 Å². The molecule has 1 heterocycles. The van der Waals surface area contributed by atoms with Crippen molar-refractivity contribution in [3.8, 4) is 0 Å². The zero-order valence-electron chi connectivity index (χ0n) is 13.8. The molecule has 1 saturated heterocycles. The molecule has 0 radical (unpaired) electrons. The molecule has 1 aliphatic rings. The molecular weight excluding hydrogens is 260 g/mol. The van der Waals surface area contributed by atoms with Gasteiger partial charge in [-0.3, -0.25) is 9.69 Å². The van der Waals surface area contributed by atoms with Crippen LogP contribution in [0.4, 0.5) is 5.69 Å². The predicted molar refractivity (Wildman–Crippen MR) is 88.6 cm³/mol. The molecule has 0 saturated carbocycles. The number of benzene rings is 1. The fraction of sp³-hybridized carbons (Fsp3) is 0.611. The van der Waals surface area contributed by atoms with Crippen molar-refractivity contribution >= 4 is 11.6 Å². The molecule has 2 rings (SSSR count). The van der Waals surface area contributed by atoms with Crippen LogP contribution in [0.3, 0.4) is 0 Å². The van der Waals surface area contributed by atoms with Gasteiger partial charge in [0.1, 0.15) is 0 Å². The molecule has 116 valence electrons. The Morgan fingerprint density at radius 2 is 1.95 bits per heavy atom. The standard InChI is InChI=1S/C18H28N2O/c1-5-16-8-6-7-15(4)18(16)19-17(21)12-20-10-13(2)9-14(3)11-20/h6-8,13-14H,5,9-12H2,1-4H3,(H,19,21). The number of hydrogen-bond acceptors (Lipinski definition) is 2. The Hall–Kier alpha value is -1.35. The fourth-order valence-corrected chi connectivity index (χ4v) is 3.51. The summed E-state index contributed by atoms with van der Waals surface area (Å²) in [7, 11) is 0. The number of nitrogens with one attached hydrogen (secondary N) is 1. The third-order valence-corrected chi connectivity index (χ3v) is 4.32. The van der Waals surface area contributed by atoms with E-state index in [4.69, 9.17) is 0 Å². The number of piperidine rings is 1. The molecule has 1 amide bonds. The highest BCUT2D eigenvalue weighted by molar-refractivity contribution is 5.93. The largest absolute Gasteiger partial charge is 0.324 e. The zero-order valence-corrected chi connectivity index (χ0v) is 13.8. The van der Waals surface area contributed by atoms with E-state index in [0.717, 1.165) is 30.8 Å². The number of para-hydroxylation sites is 1. The molecule has 0 aromatic heterocycles. The number of likely N-dealkylation sites (tertiary alicyclic amines) is 1. The summed E-state index contributed by atoms with van der Waals surface area (Å²) in [5, 5.41) is 3.13. The first-order valence-electron chi connectivity index (χ1n) is 8.10. The van der Waals surface area contributed by atoms with E-state index in [1.54, 1.807) is 0 Å². The monoisotopic (exact) mass is 288 g/mol. The van der Waals surface area contributed by atoms with Crippen LogP contribution < -0.4 is 5.32 Å². The Morgan fingerprint density at radius 3 is 2.57 bits per heavy atom. The zero-order chi connectivity index (χ0) is 15.4. The van der Waals surface area contributed by atoms with Gasteiger partial charge in [0, 0.05) is 18.8 Å². The molecule has 0 spiro atoms. The maximum atomic E-state index is 12.4. The highest BCUT2D eigenvalue weighted by atomic mass is 16.2. The quantitative estimate of drug-likeness (QED) is 0.920. The van der Waals surface area contributed by atoms with Crippen LogP contribution in [0, 0.1) is 18.8 Å². The second-order valence-electron chi connectivity index (χ2n) is 6.65. The summed E-state index contributed by atoms with van der Waals surface area (Å²) in [4.78, 5) is 14.7. The van der Waals surface area contributed by atoms with Crippen LogP contribution in [-0.2, 0) is 11.2 Å². The Balaban J connectivity index is 1.99.